The predicted molar refractivity (Wildman–Crippen MR) is 110 cm³/mol. The summed E-state index contributed by atoms with van der Waals surface area (Å²) in [6.45, 7) is 8.40. The zero-order chi connectivity index (χ0) is 22.7. The van der Waals surface area contributed by atoms with E-state index in [2.05, 4.69) is 5.32 Å². The van der Waals surface area contributed by atoms with Crippen molar-refractivity contribution >= 4 is 11.8 Å². The molecular formula is C22H32F3N3O2. The van der Waals surface area contributed by atoms with Crippen molar-refractivity contribution in [3.05, 3.63) is 34.9 Å². The molecule has 2 atom stereocenters. The molecular weight excluding hydrogens is 395 g/mol. The Morgan fingerprint density at radius 3 is 2.50 bits per heavy atom. The number of nitrogens with two attached hydrogens (primary N) is 1. The standard InChI is InChI=1S/C22H32F3N3O2/c1-14-7-8-15(11-18(26)22(23,24)25)16(10-14)13-27-20(30)17-6-5-9-28(17)19(29)12-21(2,3)4/h7-8,10,17-18H,5-6,9,11-13,26H2,1-4H3,(H,27,30). The quantitative estimate of drug-likeness (QED) is 0.730. The number of aryl methyl sites for hydroxylation is 1. The van der Waals surface area contributed by atoms with Gasteiger partial charge in [0.25, 0.3) is 0 Å². The number of nitrogens with zero attached hydrogens (tertiary/aromatic N) is 1. The summed E-state index contributed by atoms with van der Waals surface area (Å²) < 4.78 is 38.6. The first-order valence-corrected chi connectivity index (χ1v) is 10.3. The van der Waals surface area contributed by atoms with Crippen LogP contribution < -0.4 is 11.1 Å². The molecule has 1 saturated heterocycles. The van der Waals surface area contributed by atoms with Gasteiger partial charge in [0, 0.05) is 19.5 Å². The van der Waals surface area contributed by atoms with E-state index in [1.807, 2.05) is 27.7 Å². The first-order chi connectivity index (χ1) is 13.8. The van der Waals surface area contributed by atoms with E-state index in [4.69, 9.17) is 5.73 Å². The van der Waals surface area contributed by atoms with Crippen LogP contribution in [-0.2, 0) is 22.6 Å². The highest BCUT2D eigenvalue weighted by atomic mass is 19.4. The van der Waals surface area contributed by atoms with E-state index in [1.54, 1.807) is 23.1 Å². The highest BCUT2D eigenvalue weighted by Gasteiger charge is 2.37. The SMILES string of the molecule is Cc1ccc(CC(N)C(F)(F)F)c(CNC(=O)C2CCCN2C(=O)CC(C)(C)C)c1. The molecule has 1 aromatic carbocycles. The van der Waals surface area contributed by atoms with E-state index in [0.29, 0.717) is 30.5 Å². The molecule has 0 aliphatic carbocycles. The molecule has 5 nitrogen and oxygen atoms in total. The Bertz CT molecular complexity index is 772. The number of carbonyl (C=O) groups is 2. The molecule has 2 unspecified atom stereocenters. The van der Waals surface area contributed by atoms with Crippen molar-refractivity contribution < 1.29 is 22.8 Å². The van der Waals surface area contributed by atoms with Crippen LogP contribution in [-0.4, -0.2) is 41.5 Å². The van der Waals surface area contributed by atoms with Crippen LogP contribution in [0.2, 0.25) is 0 Å². The van der Waals surface area contributed by atoms with E-state index in [0.717, 1.165) is 12.0 Å². The molecule has 3 N–H and O–H groups in total. The van der Waals surface area contributed by atoms with Crippen LogP contribution in [0.5, 0.6) is 0 Å². The Morgan fingerprint density at radius 1 is 1.23 bits per heavy atom. The molecule has 2 amide bonds. The number of hydrogen-bond acceptors (Lipinski definition) is 3. The highest BCUT2D eigenvalue weighted by Crippen LogP contribution is 2.26. The summed E-state index contributed by atoms with van der Waals surface area (Å²) in [5.41, 5.74) is 7.06. The largest absolute Gasteiger partial charge is 0.403 e. The van der Waals surface area contributed by atoms with Gasteiger partial charge >= 0.3 is 6.18 Å². The number of alkyl halides is 3. The maximum Gasteiger partial charge on any atom is 0.403 e. The van der Waals surface area contributed by atoms with Gasteiger partial charge in [-0.25, -0.2) is 0 Å². The van der Waals surface area contributed by atoms with Crippen molar-refractivity contribution in [2.45, 2.75) is 78.2 Å². The lowest BCUT2D eigenvalue weighted by atomic mass is 9.91. The number of benzene rings is 1. The van der Waals surface area contributed by atoms with Crippen molar-refractivity contribution in [3.63, 3.8) is 0 Å². The zero-order valence-corrected chi connectivity index (χ0v) is 18.1. The van der Waals surface area contributed by atoms with Gasteiger partial charge in [0.05, 0.1) is 0 Å². The second-order valence-corrected chi connectivity index (χ2v) is 9.32. The summed E-state index contributed by atoms with van der Waals surface area (Å²) in [5.74, 6) is -0.324. The Hall–Kier alpha value is -2.09. The molecule has 1 aromatic rings. The van der Waals surface area contributed by atoms with Gasteiger partial charge in [-0.1, -0.05) is 44.5 Å². The van der Waals surface area contributed by atoms with E-state index in [-0.39, 0.29) is 30.2 Å². The molecule has 0 aromatic heterocycles. The molecule has 0 bridgehead atoms. The normalized spacial score (nSPS) is 18.4. The number of nitrogens with one attached hydrogen (secondary N) is 1. The van der Waals surface area contributed by atoms with Crippen molar-refractivity contribution in [1.29, 1.82) is 0 Å². The lowest BCUT2D eigenvalue weighted by Crippen LogP contribution is -2.46. The van der Waals surface area contributed by atoms with E-state index in [9.17, 15) is 22.8 Å². The van der Waals surface area contributed by atoms with Crippen molar-refractivity contribution in [3.8, 4) is 0 Å². The van der Waals surface area contributed by atoms with Crippen molar-refractivity contribution in [1.82, 2.24) is 10.2 Å². The maximum absolute atomic E-state index is 12.9. The fourth-order valence-corrected chi connectivity index (χ4v) is 3.66. The van der Waals surface area contributed by atoms with Crippen molar-refractivity contribution in [2.24, 2.45) is 11.1 Å². The lowest BCUT2D eigenvalue weighted by molar-refractivity contribution is -0.147. The summed E-state index contributed by atoms with van der Waals surface area (Å²) in [7, 11) is 0. The molecule has 0 saturated carbocycles. The monoisotopic (exact) mass is 427 g/mol. The summed E-state index contributed by atoms with van der Waals surface area (Å²) in [4.78, 5) is 27.0. The minimum Gasteiger partial charge on any atom is -0.350 e. The number of halogens is 3. The van der Waals surface area contributed by atoms with Crippen LogP contribution in [0.1, 0.15) is 56.7 Å². The Labute approximate surface area is 176 Å². The third-order valence-electron chi connectivity index (χ3n) is 5.23. The number of likely N-dealkylation sites (tertiary alicyclic amines) is 1. The first-order valence-electron chi connectivity index (χ1n) is 10.3. The van der Waals surface area contributed by atoms with Gasteiger partial charge in [-0.05, 0) is 42.7 Å². The van der Waals surface area contributed by atoms with Gasteiger partial charge in [-0.2, -0.15) is 13.2 Å². The summed E-state index contributed by atoms with van der Waals surface area (Å²) in [6.07, 6.45) is -3.14. The molecule has 168 valence electrons. The predicted octanol–water partition coefficient (Wildman–Crippen LogP) is 3.47. The minimum atomic E-state index is -4.48. The average Bonchev–Trinajstić information content (AvgIpc) is 3.09. The van der Waals surface area contributed by atoms with Crippen LogP contribution >= 0.6 is 0 Å². The molecule has 1 aliphatic rings. The summed E-state index contributed by atoms with van der Waals surface area (Å²) in [6, 6.07) is 2.61. The third-order valence-corrected chi connectivity index (χ3v) is 5.23. The highest BCUT2D eigenvalue weighted by molar-refractivity contribution is 5.88. The van der Waals surface area contributed by atoms with Crippen LogP contribution in [0.25, 0.3) is 0 Å². The summed E-state index contributed by atoms with van der Waals surface area (Å²) >= 11 is 0. The Balaban J connectivity index is 2.06. The van der Waals surface area contributed by atoms with Crippen LogP contribution in [0, 0.1) is 12.3 Å². The third kappa shape index (κ3) is 6.72. The second-order valence-electron chi connectivity index (χ2n) is 9.32. The summed E-state index contributed by atoms with van der Waals surface area (Å²) in [5, 5.41) is 2.81. The molecule has 1 aliphatic heterocycles. The Kier molecular flexibility index (Phi) is 7.55. The topological polar surface area (TPSA) is 75.4 Å². The lowest BCUT2D eigenvalue weighted by Gasteiger charge is -2.27. The molecule has 8 heteroatoms. The number of hydrogen-bond donors (Lipinski definition) is 2. The maximum atomic E-state index is 12.9. The van der Waals surface area contributed by atoms with Crippen LogP contribution in [0.4, 0.5) is 13.2 Å². The molecule has 0 spiro atoms. The fraction of sp³-hybridized carbons (Fsp3) is 0.636. The van der Waals surface area contributed by atoms with E-state index >= 15 is 0 Å². The Morgan fingerprint density at radius 2 is 1.90 bits per heavy atom. The van der Waals surface area contributed by atoms with Gasteiger partial charge in [-0.15, -0.1) is 0 Å². The van der Waals surface area contributed by atoms with Gasteiger partial charge in [0.1, 0.15) is 12.1 Å². The van der Waals surface area contributed by atoms with Gasteiger partial charge < -0.3 is 16.0 Å². The second kappa shape index (κ2) is 9.37. The van der Waals surface area contributed by atoms with Crippen LogP contribution in [0.3, 0.4) is 0 Å². The number of rotatable bonds is 6. The van der Waals surface area contributed by atoms with E-state index in [1.165, 1.54) is 0 Å². The fourth-order valence-electron chi connectivity index (χ4n) is 3.66. The smallest absolute Gasteiger partial charge is 0.350 e. The van der Waals surface area contributed by atoms with Crippen molar-refractivity contribution in [2.75, 3.05) is 6.54 Å². The van der Waals surface area contributed by atoms with Gasteiger partial charge in [0.2, 0.25) is 11.8 Å². The van der Waals surface area contributed by atoms with Crippen LogP contribution in [0.15, 0.2) is 18.2 Å². The molecule has 2 rings (SSSR count). The minimum absolute atomic E-state index is 0.0486. The first kappa shape index (κ1) is 24.2. The number of amides is 2. The zero-order valence-electron chi connectivity index (χ0n) is 18.1. The number of carbonyl (C=O) groups excluding carboxylic acids is 2. The van der Waals surface area contributed by atoms with Gasteiger partial charge in [-0.3, -0.25) is 9.59 Å². The molecule has 0 radical (unpaired) electrons. The van der Waals surface area contributed by atoms with Gasteiger partial charge in [0.15, 0.2) is 0 Å². The van der Waals surface area contributed by atoms with E-state index < -0.39 is 18.3 Å². The molecule has 1 heterocycles. The average molecular weight is 428 g/mol. The molecule has 30 heavy (non-hydrogen) atoms. The molecule has 1 fully saturated rings.